The highest BCUT2D eigenvalue weighted by Gasteiger charge is 2.23. The highest BCUT2D eigenvalue weighted by atomic mass is 16.4. The maximum Gasteiger partial charge on any atom is 0.318 e. The number of aromatic nitrogens is 5. The number of rotatable bonds is 4. The van der Waals surface area contributed by atoms with Gasteiger partial charge in [-0.1, -0.05) is 17.2 Å². The quantitative estimate of drug-likeness (QED) is 0.557. The fourth-order valence-corrected chi connectivity index (χ4v) is 3.76. The number of hydrogen-bond donors (Lipinski definition) is 1. The minimum atomic E-state index is 0.271. The average Bonchev–Trinajstić information content (AvgIpc) is 3.39. The summed E-state index contributed by atoms with van der Waals surface area (Å²) in [4.78, 5) is 6.83. The van der Waals surface area contributed by atoms with Crippen molar-refractivity contribution >= 4 is 17.6 Å². The molecule has 1 aliphatic rings. The van der Waals surface area contributed by atoms with Gasteiger partial charge in [-0.05, 0) is 42.7 Å². The summed E-state index contributed by atoms with van der Waals surface area (Å²) in [5, 5.41) is 25.2. The smallest absolute Gasteiger partial charge is 0.318 e. The molecule has 0 spiro atoms. The van der Waals surface area contributed by atoms with Gasteiger partial charge in [-0.25, -0.2) is 4.52 Å². The lowest BCUT2D eigenvalue weighted by atomic mass is 10.0. The first kappa shape index (κ1) is 18.1. The molecule has 1 N–H and O–H groups in total. The maximum atomic E-state index is 9.19. The summed E-state index contributed by atoms with van der Waals surface area (Å²) in [6.07, 6.45) is 3.73. The second-order valence-electron chi connectivity index (χ2n) is 7.33. The van der Waals surface area contributed by atoms with Crippen LogP contribution in [0.25, 0.3) is 16.8 Å². The van der Waals surface area contributed by atoms with E-state index in [-0.39, 0.29) is 6.04 Å². The van der Waals surface area contributed by atoms with Crippen molar-refractivity contribution < 1.29 is 4.42 Å². The zero-order valence-electron chi connectivity index (χ0n) is 16.5. The fourth-order valence-electron chi connectivity index (χ4n) is 3.76. The first-order chi connectivity index (χ1) is 14.7. The zero-order chi connectivity index (χ0) is 20.5. The van der Waals surface area contributed by atoms with E-state index in [0.29, 0.717) is 23.4 Å². The molecule has 0 amide bonds. The van der Waals surface area contributed by atoms with Crippen LogP contribution in [0, 0.1) is 18.3 Å². The fraction of sp³-hybridized carbons (Fsp3) is 0.286. The van der Waals surface area contributed by atoms with Crippen molar-refractivity contribution in [3.8, 4) is 17.2 Å². The van der Waals surface area contributed by atoms with Gasteiger partial charge in [-0.15, -0.1) is 10.2 Å². The summed E-state index contributed by atoms with van der Waals surface area (Å²) in [7, 11) is 0. The maximum absolute atomic E-state index is 9.19. The van der Waals surface area contributed by atoms with Gasteiger partial charge in [0.05, 0.1) is 11.6 Å². The van der Waals surface area contributed by atoms with Crippen LogP contribution < -0.4 is 10.2 Å². The molecule has 1 saturated heterocycles. The number of nitriles is 1. The molecule has 30 heavy (non-hydrogen) atoms. The number of piperidine rings is 1. The predicted molar refractivity (Wildman–Crippen MR) is 111 cm³/mol. The molecule has 5 rings (SSSR count). The van der Waals surface area contributed by atoms with Crippen molar-refractivity contribution in [3.05, 3.63) is 54.0 Å². The second kappa shape index (κ2) is 7.48. The van der Waals surface area contributed by atoms with Crippen LogP contribution in [0.15, 0.2) is 47.0 Å². The van der Waals surface area contributed by atoms with Crippen LogP contribution in [0.4, 0.5) is 12.0 Å². The molecule has 4 heterocycles. The molecule has 9 heteroatoms. The number of benzene rings is 1. The van der Waals surface area contributed by atoms with E-state index in [1.54, 1.807) is 17.5 Å². The number of pyridine rings is 1. The number of fused-ring (bicyclic) bond motifs is 1. The first-order valence-corrected chi connectivity index (χ1v) is 9.87. The van der Waals surface area contributed by atoms with E-state index in [4.69, 9.17) is 9.40 Å². The standard InChI is InChI=1S/C21H20N8O/c1-14-25-26-21(30-14)28-10-7-17(8-11-28)23-20-24-19-18(6-3-9-29(19)27-20)16-5-2-4-15(12-16)13-22/h2-6,9,12,17H,7-8,10-11H2,1H3,(H,23,27). The zero-order valence-corrected chi connectivity index (χ0v) is 16.5. The van der Waals surface area contributed by atoms with Gasteiger partial charge in [0.15, 0.2) is 5.65 Å². The van der Waals surface area contributed by atoms with Crippen molar-refractivity contribution in [2.75, 3.05) is 23.3 Å². The predicted octanol–water partition coefficient (Wildman–Crippen LogP) is 3.04. The summed E-state index contributed by atoms with van der Waals surface area (Å²) in [5.41, 5.74) is 3.27. The minimum absolute atomic E-state index is 0.271. The average molecular weight is 400 g/mol. The van der Waals surface area contributed by atoms with Crippen LogP contribution >= 0.6 is 0 Å². The topological polar surface area (TPSA) is 108 Å². The highest BCUT2D eigenvalue weighted by Crippen LogP contribution is 2.26. The van der Waals surface area contributed by atoms with E-state index in [1.807, 2.05) is 36.5 Å². The number of hydrogen-bond acceptors (Lipinski definition) is 8. The molecule has 0 bridgehead atoms. The molecular formula is C21H20N8O. The van der Waals surface area contributed by atoms with Crippen LogP contribution in [-0.4, -0.2) is 43.9 Å². The van der Waals surface area contributed by atoms with E-state index in [0.717, 1.165) is 42.7 Å². The van der Waals surface area contributed by atoms with Gasteiger partial charge in [0.1, 0.15) is 0 Å². The lowest BCUT2D eigenvalue weighted by Crippen LogP contribution is -2.39. The van der Waals surface area contributed by atoms with Crippen molar-refractivity contribution in [2.24, 2.45) is 0 Å². The first-order valence-electron chi connectivity index (χ1n) is 9.87. The molecule has 0 radical (unpaired) electrons. The molecule has 0 unspecified atom stereocenters. The van der Waals surface area contributed by atoms with E-state index in [2.05, 4.69) is 31.6 Å². The number of nitrogens with zero attached hydrogens (tertiary/aromatic N) is 7. The molecule has 0 atom stereocenters. The summed E-state index contributed by atoms with van der Waals surface area (Å²) in [6, 6.07) is 14.5. The third kappa shape index (κ3) is 3.43. The Morgan fingerprint density at radius 1 is 1.17 bits per heavy atom. The Balaban J connectivity index is 1.33. The van der Waals surface area contributed by atoms with E-state index in [9.17, 15) is 5.26 Å². The molecule has 1 aromatic carbocycles. The van der Waals surface area contributed by atoms with Gasteiger partial charge in [0.2, 0.25) is 11.8 Å². The van der Waals surface area contributed by atoms with Crippen LogP contribution in [0.5, 0.6) is 0 Å². The van der Waals surface area contributed by atoms with Crippen LogP contribution in [0.2, 0.25) is 0 Å². The Bertz CT molecular complexity index is 1230. The number of anilines is 2. The van der Waals surface area contributed by atoms with E-state index in [1.165, 1.54) is 0 Å². The molecule has 1 aliphatic heterocycles. The molecule has 9 nitrogen and oxygen atoms in total. The van der Waals surface area contributed by atoms with Crippen LogP contribution in [-0.2, 0) is 0 Å². The van der Waals surface area contributed by atoms with E-state index < -0.39 is 0 Å². The van der Waals surface area contributed by atoms with Gasteiger partial charge in [0, 0.05) is 37.8 Å². The van der Waals surface area contributed by atoms with Gasteiger partial charge in [-0.3, -0.25) is 0 Å². The van der Waals surface area contributed by atoms with Crippen molar-refractivity contribution in [2.45, 2.75) is 25.8 Å². The Labute approximate surface area is 173 Å². The van der Waals surface area contributed by atoms with Gasteiger partial charge in [-0.2, -0.15) is 10.2 Å². The van der Waals surface area contributed by atoms with Gasteiger partial charge < -0.3 is 14.6 Å². The Hall–Kier alpha value is -3.93. The SMILES string of the molecule is Cc1nnc(N2CCC(Nc3nc4c(-c5cccc(C#N)c5)cccn4n3)CC2)o1. The highest BCUT2D eigenvalue weighted by molar-refractivity contribution is 5.78. The summed E-state index contributed by atoms with van der Waals surface area (Å²) < 4.78 is 7.29. The van der Waals surface area contributed by atoms with E-state index >= 15 is 0 Å². The van der Waals surface area contributed by atoms with Gasteiger partial charge in [0.25, 0.3) is 0 Å². The van der Waals surface area contributed by atoms with Crippen LogP contribution in [0.3, 0.4) is 0 Å². The molecule has 150 valence electrons. The lowest BCUT2D eigenvalue weighted by molar-refractivity contribution is 0.458. The largest absolute Gasteiger partial charge is 0.408 e. The third-order valence-electron chi connectivity index (χ3n) is 5.28. The summed E-state index contributed by atoms with van der Waals surface area (Å²) in [6.45, 7) is 3.46. The molecule has 1 fully saturated rings. The van der Waals surface area contributed by atoms with Crippen molar-refractivity contribution in [3.63, 3.8) is 0 Å². The third-order valence-corrected chi connectivity index (χ3v) is 5.28. The second-order valence-corrected chi connectivity index (χ2v) is 7.33. The summed E-state index contributed by atoms with van der Waals surface area (Å²) in [5.74, 6) is 1.18. The molecule has 3 aromatic heterocycles. The van der Waals surface area contributed by atoms with Gasteiger partial charge >= 0.3 is 6.01 Å². The Morgan fingerprint density at radius 2 is 2.03 bits per heavy atom. The van der Waals surface area contributed by atoms with Crippen molar-refractivity contribution in [1.29, 1.82) is 5.26 Å². The number of aryl methyl sites for hydroxylation is 1. The number of nitrogens with one attached hydrogen (secondary N) is 1. The van der Waals surface area contributed by atoms with Crippen molar-refractivity contribution in [1.82, 2.24) is 24.8 Å². The molecule has 4 aromatic rings. The normalized spacial score (nSPS) is 14.7. The Morgan fingerprint density at radius 3 is 2.80 bits per heavy atom. The lowest BCUT2D eigenvalue weighted by Gasteiger charge is -2.30. The molecular weight excluding hydrogens is 380 g/mol. The minimum Gasteiger partial charge on any atom is -0.408 e. The molecule has 0 saturated carbocycles. The molecule has 0 aliphatic carbocycles. The Kier molecular flexibility index (Phi) is 4.52. The monoisotopic (exact) mass is 400 g/mol. The summed E-state index contributed by atoms with van der Waals surface area (Å²) >= 11 is 0. The van der Waals surface area contributed by atoms with Crippen LogP contribution in [0.1, 0.15) is 24.3 Å².